The number of aryl methyl sites for hydroxylation is 1. The van der Waals surface area contributed by atoms with Crippen molar-refractivity contribution in [1.82, 2.24) is 0 Å². The first-order valence-electron chi connectivity index (χ1n) is 7.15. The molecule has 0 spiro atoms. The first-order valence-corrected chi connectivity index (χ1v) is 7.15. The number of carbonyl (C=O) groups is 1. The van der Waals surface area contributed by atoms with Gasteiger partial charge in [0.1, 0.15) is 11.9 Å². The Bertz CT molecular complexity index is 515. The van der Waals surface area contributed by atoms with Crippen molar-refractivity contribution in [2.75, 3.05) is 5.73 Å². The smallest absolute Gasteiger partial charge is 0.341 e. The summed E-state index contributed by atoms with van der Waals surface area (Å²) in [5.74, 6) is 0.0244. The van der Waals surface area contributed by atoms with Crippen LogP contribution in [0.25, 0.3) is 0 Å². The third-order valence-corrected chi connectivity index (χ3v) is 4.32. The van der Waals surface area contributed by atoms with Gasteiger partial charge in [0, 0.05) is 5.69 Å². The summed E-state index contributed by atoms with van der Waals surface area (Å²) in [7, 11) is 0. The van der Waals surface area contributed by atoms with E-state index in [9.17, 15) is 9.18 Å². The van der Waals surface area contributed by atoms with Gasteiger partial charge in [0.2, 0.25) is 0 Å². The molecule has 3 nitrogen and oxygen atoms in total. The Morgan fingerprint density at radius 1 is 1.30 bits per heavy atom. The zero-order chi connectivity index (χ0) is 14.9. The van der Waals surface area contributed by atoms with Crippen LogP contribution in [-0.4, -0.2) is 12.1 Å². The summed E-state index contributed by atoms with van der Waals surface area (Å²) in [6.45, 7) is 5.96. The highest BCUT2D eigenvalue weighted by molar-refractivity contribution is 5.91. The highest BCUT2D eigenvalue weighted by atomic mass is 19.1. The lowest BCUT2D eigenvalue weighted by molar-refractivity contribution is 0.00833. The number of nitrogen functional groups attached to an aromatic ring is 1. The molecule has 3 unspecified atom stereocenters. The van der Waals surface area contributed by atoms with Gasteiger partial charge < -0.3 is 10.5 Å². The van der Waals surface area contributed by atoms with Gasteiger partial charge in [0.05, 0.1) is 5.56 Å². The van der Waals surface area contributed by atoms with Crippen LogP contribution < -0.4 is 5.73 Å². The van der Waals surface area contributed by atoms with Gasteiger partial charge in [-0.1, -0.05) is 13.8 Å². The van der Waals surface area contributed by atoms with Gasteiger partial charge in [0.15, 0.2) is 0 Å². The maximum Gasteiger partial charge on any atom is 0.341 e. The lowest BCUT2D eigenvalue weighted by atomic mass is 9.80. The molecule has 1 aromatic rings. The first-order chi connectivity index (χ1) is 9.38. The van der Waals surface area contributed by atoms with E-state index in [0.717, 1.165) is 19.3 Å². The fraction of sp³-hybridized carbons (Fsp3) is 0.562. The molecule has 1 saturated carbocycles. The van der Waals surface area contributed by atoms with E-state index in [1.165, 1.54) is 12.1 Å². The van der Waals surface area contributed by atoms with Crippen LogP contribution in [-0.2, 0) is 4.74 Å². The fourth-order valence-corrected chi connectivity index (χ4v) is 2.77. The van der Waals surface area contributed by atoms with Crippen molar-refractivity contribution >= 4 is 11.7 Å². The Hall–Kier alpha value is -1.58. The van der Waals surface area contributed by atoms with Crippen LogP contribution in [0.2, 0.25) is 0 Å². The van der Waals surface area contributed by atoms with Gasteiger partial charge in [-0.05, 0) is 55.7 Å². The highest BCUT2D eigenvalue weighted by Crippen LogP contribution is 2.31. The Labute approximate surface area is 119 Å². The number of hydrogen-bond acceptors (Lipinski definition) is 3. The highest BCUT2D eigenvalue weighted by Gasteiger charge is 2.28. The molecule has 0 aromatic heterocycles. The molecule has 110 valence electrons. The van der Waals surface area contributed by atoms with Gasteiger partial charge >= 0.3 is 5.97 Å². The van der Waals surface area contributed by atoms with Gasteiger partial charge in [0.25, 0.3) is 0 Å². The number of esters is 1. The summed E-state index contributed by atoms with van der Waals surface area (Å²) < 4.78 is 19.4. The van der Waals surface area contributed by atoms with Gasteiger partial charge in [-0.3, -0.25) is 0 Å². The van der Waals surface area contributed by atoms with Crippen molar-refractivity contribution in [3.8, 4) is 0 Å². The second-order valence-electron chi connectivity index (χ2n) is 5.99. The lowest BCUT2D eigenvalue weighted by Crippen LogP contribution is -2.29. The van der Waals surface area contributed by atoms with Crippen molar-refractivity contribution in [2.45, 2.75) is 46.1 Å². The molecule has 0 amide bonds. The van der Waals surface area contributed by atoms with E-state index in [2.05, 4.69) is 13.8 Å². The standard InChI is InChI=1S/C16H22FNO2/c1-9-4-5-13(7-10(9)2)20-16(19)14-8-12(18)6-11(3)15(14)17/h6,8-10,13H,4-5,7,18H2,1-3H3. The molecule has 20 heavy (non-hydrogen) atoms. The van der Waals surface area contributed by atoms with Crippen LogP contribution in [0.4, 0.5) is 10.1 Å². The van der Waals surface area contributed by atoms with E-state index in [-0.39, 0.29) is 11.7 Å². The van der Waals surface area contributed by atoms with Crippen LogP contribution in [0.5, 0.6) is 0 Å². The molecular weight excluding hydrogens is 257 g/mol. The quantitative estimate of drug-likeness (QED) is 0.663. The van der Waals surface area contributed by atoms with Crippen LogP contribution in [0.15, 0.2) is 12.1 Å². The van der Waals surface area contributed by atoms with Gasteiger partial charge in [-0.2, -0.15) is 0 Å². The summed E-state index contributed by atoms with van der Waals surface area (Å²) in [6.07, 6.45) is 2.61. The summed E-state index contributed by atoms with van der Waals surface area (Å²) in [4.78, 5) is 12.1. The normalized spacial score (nSPS) is 26.3. The molecular formula is C16H22FNO2. The van der Waals surface area contributed by atoms with Gasteiger partial charge in [-0.25, -0.2) is 9.18 Å². The van der Waals surface area contributed by atoms with Crippen molar-refractivity contribution in [1.29, 1.82) is 0 Å². The van der Waals surface area contributed by atoms with Crippen LogP contribution in [0.3, 0.4) is 0 Å². The Balaban J connectivity index is 2.09. The van der Waals surface area contributed by atoms with E-state index in [4.69, 9.17) is 10.5 Å². The topological polar surface area (TPSA) is 52.3 Å². The van der Waals surface area contributed by atoms with E-state index >= 15 is 0 Å². The number of halogens is 1. The largest absolute Gasteiger partial charge is 0.459 e. The molecule has 2 rings (SSSR count). The van der Waals surface area contributed by atoms with Crippen molar-refractivity contribution in [3.05, 3.63) is 29.1 Å². The minimum atomic E-state index is -0.607. The molecule has 0 aliphatic heterocycles. The van der Waals surface area contributed by atoms with E-state index in [1.54, 1.807) is 6.92 Å². The molecule has 1 fully saturated rings. The van der Waals surface area contributed by atoms with E-state index in [1.807, 2.05) is 0 Å². The Morgan fingerprint density at radius 2 is 2.00 bits per heavy atom. The molecule has 2 N–H and O–H groups in total. The molecule has 1 aliphatic carbocycles. The van der Waals surface area contributed by atoms with Crippen LogP contribution >= 0.6 is 0 Å². The monoisotopic (exact) mass is 279 g/mol. The predicted molar refractivity (Wildman–Crippen MR) is 76.9 cm³/mol. The zero-order valence-corrected chi connectivity index (χ0v) is 12.3. The number of ether oxygens (including phenoxy) is 1. The number of carbonyl (C=O) groups excluding carboxylic acids is 1. The van der Waals surface area contributed by atoms with E-state index < -0.39 is 11.8 Å². The van der Waals surface area contributed by atoms with Crippen molar-refractivity contribution < 1.29 is 13.9 Å². The average molecular weight is 279 g/mol. The molecule has 3 atom stereocenters. The molecule has 1 aliphatic rings. The Kier molecular flexibility index (Phi) is 4.31. The van der Waals surface area contributed by atoms with Crippen molar-refractivity contribution in [3.63, 3.8) is 0 Å². The minimum absolute atomic E-state index is 0.0613. The van der Waals surface area contributed by atoms with Gasteiger partial charge in [-0.15, -0.1) is 0 Å². The molecule has 0 heterocycles. The summed E-state index contributed by atoms with van der Waals surface area (Å²) >= 11 is 0. The average Bonchev–Trinajstić information content (AvgIpc) is 2.38. The SMILES string of the molecule is Cc1cc(N)cc(C(=O)OC2CCC(C)C(C)C2)c1F. The second kappa shape index (κ2) is 5.81. The van der Waals surface area contributed by atoms with Crippen LogP contribution in [0, 0.1) is 24.6 Å². The number of nitrogens with two attached hydrogens (primary N) is 1. The number of benzene rings is 1. The molecule has 4 heteroatoms. The third kappa shape index (κ3) is 3.11. The molecule has 0 saturated heterocycles. The first kappa shape index (κ1) is 14.8. The summed E-state index contributed by atoms with van der Waals surface area (Å²) in [6, 6.07) is 2.86. The fourth-order valence-electron chi connectivity index (χ4n) is 2.77. The Morgan fingerprint density at radius 3 is 2.65 bits per heavy atom. The molecule has 1 aromatic carbocycles. The predicted octanol–water partition coefficient (Wildman–Crippen LogP) is 3.70. The molecule has 0 bridgehead atoms. The van der Waals surface area contributed by atoms with Crippen LogP contribution in [0.1, 0.15) is 49.0 Å². The van der Waals surface area contributed by atoms with E-state index in [0.29, 0.717) is 23.1 Å². The van der Waals surface area contributed by atoms with Crippen molar-refractivity contribution in [2.24, 2.45) is 11.8 Å². The second-order valence-corrected chi connectivity index (χ2v) is 5.99. The summed E-state index contributed by atoms with van der Waals surface area (Å²) in [5.41, 5.74) is 6.34. The lowest BCUT2D eigenvalue weighted by Gasteiger charge is -2.31. The minimum Gasteiger partial charge on any atom is -0.459 e. The maximum absolute atomic E-state index is 14.0. The number of anilines is 1. The third-order valence-electron chi connectivity index (χ3n) is 4.32. The number of rotatable bonds is 2. The molecule has 0 radical (unpaired) electrons. The number of hydrogen-bond donors (Lipinski definition) is 1. The summed E-state index contributed by atoms with van der Waals surface area (Å²) in [5, 5.41) is 0. The zero-order valence-electron chi connectivity index (χ0n) is 12.3. The maximum atomic E-state index is 14.0.